The third kappa shape index (κ3) is 3.72. The normalized spacial score (nSPS) is 12.6. The van der Waals surface area contributed by atoms with E-state index < -0.39 is 15.2 Å². The summed E-state index contributed by atoms with van der Waals surface area (Å²) < 4.78 is 25.9. The molecule has 0 amide bonds. The number of benzene rings is 2. The van der Waals surface area contributed by atoms with Crippen molar-refractivity contribution in [2.75, 3.05) is 0 Å². The number of nitrogens with zero attached hydrogens (tertiary/aromatic N) is 1. The standard InChI is InChI=1S/C16H14BrNO2S/c1-12-6-8-15(9-7-12)21(19,20)16(18-2)11-13-4-3-5-14(17)10-13/h3-10,16H,11H2,1H3/t16-/m0/s1. The van der Waals surface area contributed by atoms with Crippen molar-refractivity contribution in [3.05, 3.63) is 75.5 Å². The SMILES string of the molecule is [C-]#[N+][C@H](Cc1cccc(Br)c1)S(=O)(=O)c1ccc(C)cc1. The van der Waals surface area contributed by atoms with Crippen LogP contribution in [0.15, 0.2) is 57.9 Å². The molecule has 2 rings (SSSR count). The molecule has 1 atom stereocenters. The van der Waals surface area contributed by atoms with E-state index in [1.165, 1.54) is 0 Å². The maximum atomic E-state index is 12.5. The van der Waals surface area contributed by atoms with E-state index in [0.29, 0.717) is 0 Å². The molecule has 3 nitrogen and oxygen atoms in total. The van der Waals surface area contributed by atoms with Gasteiger partial charge >= 0.3 is 5.37 Å². The van der Waals surface area contributed by atoms with Crippen LogP contribution in [0.2, 0.25) is 0 Å². The fourth-order valence-electron chi connectivity index (χ4n) is 1.98. The zero-order chi connectivity index (χ0) is 15.5. The highest BCUT2D eigenvalue weighted by atomic mass is 79.9. The van der Waals surface area contributed by atoms with Gasteiger partial charge in [0, 0.05) is 4.47 Å². The average molecular weight is 364 g/mol. The molecule has 2 aromatic carbocycles. The molecule has 0 aliphatic carbocycles. The van der Waals surface area contributed by atoms with Gasteiger partial charge in [0.2, 0.25) is 0 Å². The maximum Gasteiger partial charge on any atom is 0.329 e. The fraction of sp³-hybridized carbons (Fsp3) is 0.188. The van der Waals surface area contributed by atoms with Crippen molar-refractivity contribution in [1.82, 2.24) is 0 Å². The highest BCUT2D eigenvalue weighted by Gasteiger charge is 2.32. The summed E-state index contributed by atoms with van der Waals surface area (Å²) in [4.78, 5) is 3.53. The van der Waals surface area contributed by atoms with Gasteiger partial charge in [-0.1, -0.05) is 45.8 Å². The summed E-state index contributed by atoms with van der Waals surface area (Å²) in [6.07, 6.45) is 0.180. The molecule has 21 heavy (non-hydrogen) atoms. The molecule has 108 valence electrons. The Morgan fingerprint density at radius 1 is 1.19 bits per heavy atom. The van der Waals surface area contributed by atoms with Gasteiger partial charge in [0.15, 0.2) is 0 Å². The van der Waals surface area contributed by atoms with E-state index in [9.17, 15) is 8.42 Å². The Morgan fingerprint density at radius 2 is 1.86 bits per heavy atom. The highest BCUT2D eigenvalue weighted by Crippen LogP contribution is 2.22. The van der Waals surface area contributed by atoms with Crippen molar-refractivity contribution in [2.24, 2.45) is 0 Å². The Hall–Kier alpha value is -1.64. The van der Waals surface area contributed by atoms with Gasteiger partial charge in [-0.05, 0) is 36.8 Å². The summed E-state index contributed by atoms with van der Waals surface area (Å²) in [6.45, 7) is 9.14. The molecule has 0 aromatic heterocycles. The Bertz CT molecular complexity index is 777. The van der Waals surface area contributed by atoms with Crippen molar-refractivity contribution in [3.8, 4) is 0 Å². The van der Waals surface area contributed by atoms with E-state index in [4.69, 9.17) is 6.57 Å². The second kappa shape index (κ2) is 6.42. The first kappa shape index (κ1) is 15.7. The molecule has 5 heteroatoms. The molecule has 0 N–H and O–H groups in total. The largest absolute Gasteiger partial charge is 0.329 e. The summed E-state index contributed by atoms with van der Waals surface area (Å²) in [5, 5.41) is -1.10. The van der Waals surface area contributed by atoms with Crippen LogP contribution in [-0.4, -0.2) is 13.8 Å². The predicted molar refractivity (Wildman–Crippen MR) is 86.6 cm³/mol. The first-order valence-electron chi connectivity index (χ1n) is 6.35. The molecular weight excluding hydrogens is 350 g/mol. The second-order valence-corrected chi connectivity index (χ2v) is 7.80. The summed E-state index contributed by atoms with van der Waals surface area (Å²) >= 11 is 3.35. The van der Waals surface area contributed by atoms with Crippen molar-refractivity contribution in [3.63, 3.8) is 0 Å². The van der Waals surface area contributed by atoms with Crippen LogP contribution in [0.5, 0.6) is 0 Å². The molecule has 0 radical (unpaired) electrons. The Balaban J connectivity index is 2.32. The number of hydrogen-bond acceptors (Lipinski definition) is 2. The number of hydrogen-bond donors (Lipinski definition) is 0. The molecule has 0 heterocycles. The molecule has 2 aromatic rings. The molecule has 0 fully saturated rings. The van der Waals surface area contributed by atoms with E-state index in [1.54, 1.807) is 24.3 Å². The summed E-state index contributed by atoms with van der Waals surface area (Å²) in [5.74, 6) is 0. The van der Waals surface area contributed by atoms with Gasteiger partial charge in [0.25, 0.3) is 9.84 Å². The van der Waals surface area contributed by atoms with Gasteiger partial charge in [0.1, 0.15) is 0 Å². The van der Waals surface area contributed by atoms with Crippen molar-refractivity contribution < 1.29 is 8.42 Å². The third-order valence-corrected chi connectivity index (χ3v) is 5.56. The van der Waals surface area contributed by atoms with Gasteiger partial charge in [-0.2, -0.15) is 0 Å². The minimum absolute atomic E-state index is 0.180. The maximum absolute atomic E-state index is 12.5. The molecule has 0 spiro atoms. The Kier molecular flexibility index (Phi) is 4.81. The average Bonchev–Trinajstić information content (AvgIpc) is 2.45. The number of halogens is 1. The van der Waals surface area contributed by atoms with Gasteiger partial charge in [0.05, 0.1) is 11.3 Å². The molecule has 0 saturated heterocycles. The lowest BCUT2D eigenvalue weighted by molar-refractivity contribution is 0.587. The summed E-state index contributed by atoms with van der Waals surface area (Å²) in [6, 6.07) is 14.0. The van der Waals surface area contributed by atoms with Gasteiger partial charge in [-0.25, -0.2) is 15.0 Å². The van der Waals surface area contributed by atoms with E-state index in [-0.39, 0.29) is 11.3 Å². The zero-order valence-corrected chi connectivity index (χ0v) is 13.9. The van der Waals surface area contributed by atoms with Crippen LogP contribution in [0.1, 0.15) is 11.1 Å². The van der Waals surface area contributed by atoms with Gasteiger partial charge in [-0.3, -0.25) is 4.85 Å². The first-order valence-corrected chi connectivity index (χ1v) is 8.69. The number of rotatable bonds is 4. The van der Waals surface area contributed by atoms with Crippen LogP contribution in [0.4, 0.5) is 0 Å². The van der Waals surface area contributed by atoms with E-state index >= 15 is 0 Å². The smallest absolute Gasteiger partial charge is 0.296 e. The molecule has 0 unspecified atom stereocenters. The van der Waals surface area contributed by atoms with Crippen LogP contribution in [0.25, 0.3) is 4.85 Å². The lowest BCUT2D eigenvalue weighted by atomic mass is 10.1. The Labute approximate surface area is 133 Å². The quantitative estimate of drug-likeness (QED) is 0.769. The topological polar surface area (TPSA) is 38.5 Å². The monoisotopic (exact) mass is 363 g/mol. The van der Waals surface area contributed by atoms with E-state index in [1.807, 2.05) is 31.2 Å². The van der Waals surface area contributed by atoms with E-state index in [2.05, 4.69) is 20.8 Å². The molecule has 0 aliphatic rings. The minimum atomic E-state index is -3.65. The summed E-state index contributed by atoms with van der Waals surface area (Å²) in [7, 11) is -3.65. The number of aryl methyl sites for hydroxylation is 1. The minimum Gasteiger partial charge on any atom is -0.296 e. The van der Waals surface area contributed by atoms with Crippen molar-refractivity contribution in [2.45, 2.75) is 23.6 Å². The van der Waals surface area contributed by atoms with Crippen molar-refractivity contribution >= 4 is 25.8 Å². The predicted octanol–water partition coefficient (Wildman–Crippen LogP) is 4.02. The molecule has 0 aliphatic heterocycles. The lowest BCUT2D eigenvalue weighted by Crippen LogP contribution is -2.20. The first-order chi connectivity index (χ1) is 9.93. The summed E-state index contributed by atoms with van der Waals surface area (Å²) in [5.41, 5.74) is 1.81. The fourth-order valence-corrected chi connectivity index (χ4v) is 3.80. The third-order valence-electron chi connectivity index (χ3n) is 3.15. The Morgan fingerprint density at radius 3 is 2.43 bits per heavy atom. The van der Waals surface area contributed by atoms with Crippen LogP contribution in [0.3, 0.4) is 0 Å². The van der Waals surface area contributed by atoms with Crippen LogP contribution in [0, 0.1) is 13.5 Å². The van der Waals surface area contributed by atoms with Crippen molar-refractivity contribution in [1.29, 1.82) is 0 Å². The van der Waals surface area contributed by atoms with Crippen LogP contribution < -0.4 is 0 Å². The highest BCUT2D eigenvalue weighted by molar-refractivity contribution is 9.10. The van der Waals surface area contributed by atoms with E-state index in [0.717, 1.165) is 15.6 Å². The molecule has 0 bridgehead atoms. The van der Waals surface area contributed by atoms with Gasteiger partial charge < -0.3 is 0 Å². The van der Waals surface area contributed by atoms with Gasteiger partial charge in [-0.15, -0.1) is 0 Å². The zero-order valence-electron chi connectivity index (χ0n) is 11.5. The number of sulfone groups is 1. The molecule has 0 saturated carbocycles. The van der Waals surface area contributed by atoms with Crippen LogP contribution in [-0.2, 0) is 16.3 Å². The van der Waals surface area contributed by atoms with Crippen LogP contribution >= 0.6 is 15.9 Å². The molecular formula is C16H14BrNO2S. The lowest BCUT2D eigenvalue weighted by Gasteiger charge is -2.08. The second-order valence-electron chi connectivity index (χ2n) is 4.78.